The highest BCUT2D eigenvalue weighted by Crippen LogP contribution is 2.27. The molecule has 1 saturated heterocycles. The fraction of sp³-hybridized carbons (Fsp3) is 0.333. The number of hydrogen-bond donors (Lipinski definition) is 0. The molecule has 1 unspecified atom stereocenters. The van der Waals surface area contributed by atoms with Crippen LogP contribution in [-0.2, 0) is 0 Å². The lowest BCUT2D eigenvalue weighted by atomic mass is 10.0. The summed E-state index contributed by atoms with van der Waals surface area (Å²) in [5, 5.41) is 19.7. The van der Waals surface area contributed by atoms with Crippen molar-refractivity contribution in [1.82, 2.24) is 19.6 Å². The molecule has 1 aliphatic heterocycles. The lowest BCUT2D eigenvalue weighted by Gasteiger charge is -2.38. The van der Waals surface area contributed by atoms with Gasteiger partial charge in [0, 0.05) is 38.6 Å². The molecular weight excluding hydrogens is 362 g/mol. The van der Waals surface area contributed by atoms with E-state index in [1.165, 1.54) is 10.6 Å². The summed E-state index contributed by atoms with van der Waals surface area (Å²) in [7, 11) is 1.75. The lowest BCUT2D eigenvalue weighted by Crippen LogP contribution is -2.47. The van der Waals surface area contributed by atoms with Crippen molar-refractivity contribution in [3.05, 3.63) is 63.2 Å². The van der Waals surface area contributed by atoms with Gasteiger partial charge in [-0.25, -0.2) is 4.98 Å². The highest BCUT2D eigenvalue weighted by atomic mass is 16.6. The van der Waals surface area contributed by atoms with E-state index in [1.807, 2.05) is 12.1 Å². The second kappa shape index (κ2) is 7.22. The van der Waals surface area contributed by atoms with E-state index in [0.29, 0.717) is 12.2 Å². The number of hydrogen-bond acceptors (Lipinski definition) is 8. The summed E-state index contributed by atoms with van der Waals surface area (Å²) < 4.78 is 1.20. The van der Waals surface area contributed by atoms with Crippen molar-refractivity contribution >= 4 is 23.0 Å². The molecule has 10 heteroatoms. The Morgan fingerprint density at radius 3 is 2.89 bits per heavy atom. The van der Waals surface area contributed by atoms with Crippen LogP contribution < -0.4 is 15.4 Å². The predicted molar refractivity (Wildman–Crippen MR) is 104 cm³/mol. The molecule has 0 aliphatic carbocycles. The molecule has 1 aliphatic rings. The van der Waals surface area contributed by atoms with Gasteiger partial charge in [-0.15, -0.1) is 5.10 Å². The molecular formula is C18H19N7O3. The number of pyridine rings is 1. The number of nitro groups is 1. The van der Waals surface area contributed by atoms with Crippen molar-refractivity contribution in [1.29, 1.82) is 0 Å². The summed E-state index contributed by atoms with van der Waals surface area (Å²) in [5.41, 5.74) is -0.816. The van der Waals surface area contributed by atoms with Crippen molar-refractivity contribution < 1.29 is 4.92 Å². The van der Waals surface area contributed by atoms with Gasteiger partial charge in [0.15, 0.2) is 5.82 Å². The number of anilines is 2. The molecule has 144 valence electrons. The molecule has 0 N–H and O–H groups in total. The van der Waals surface area contributed by atoms with Crippen molar-refractivity contribution in [3.63, 3.8) is 0 Å². The van der Waals surface area contributed by atoms with Crippen LogP contribution in [0.15, 0.2) is 47.5 Å². The first kappa shape index (κ1) is 17.8. The maximum Gasteiger partial charge on any atom is 0.376 e. The minimum absolute atomic E-state index is 0.0486. The number of likely N-dealkylation sites (N-methyl/N-ethyl adjacent to an activating group) is 1. The van der Waals surface area contributed by atoms with E-state index in [9.17, 15) is 14.9 Å². The Morgan fingerprint density at radius 1 is 1.29 bits per heavy atom. The monoisotopic (exact) mass is 381 g/mol. The normalized spacial score (nSPS) is 16.9. The van der Waals surface area contributed by atoms with Crippen LogP contribution >= 0.6 is 0 Å². The third-order valence-corrected chi connectivity index (χ3v) is 5.04. The Labute approximate surface area is 160 Å². The van der Waals surface area contributed by atoms with Crippen LogP contribution in [-0.4, -0.2) is 50.7 Å². The lowest BCUT2D eigenvalue weighted by molar-refractivity contribution is -0.385. The highest BCUT2D eigenvalue weighted by molar-refractivity contribution is 5.62. The molecule has 4 rings (SSSR count). The van der Waals surface area contributed by atoms with Gasteiger partial charge < -0.3 is 9.80 Å². The van der Waals surface area contributed by atoms with E-state index in [4.69, 9.17) is 0 Å². The quantitative estimate of drug-likeness (QED) is 0.494. The van der Waals surface area contributed by atoms with E-state index < -0.39 is 16.2 Å². The first-order chi connectivity index (χ1) is 13.6. The number of fused-ring (bicyclic) bond motifs is 1. The molecule has 0 spiro atoms. The summed E-state index contributed by atoms with van der Waals surface area (Å²) >= 11 is 0. The summed E-state index contributed by atoms with van der Waals surface area (Å²) in [6, 6.07) is 8.71. The summed E-state index contributed by atoms with van der Waals surface area (Å²) in [6.07, 6.45) is 4.83. The van der Waals surface area contributed by atoms with Crippen LogP contribution in [0.5, 0.6) is 0 Å². The van der Waals surface area contributed by atoms with Crippen molar-refractivity contribution in [2.45, 2.75) is 18.9 Å². The van der Waals surface area contributed by atoms with Crippen LogP contribution in [0.1, 0.15) is 12.8 Å². The molecule has 4 heterocycles. The van der Waals surface area contributed by atoms with Gasteiger partial charge in [0.2, 0.25) is 5.82 Å². The van der Waals surface area contributed by atoms with Crippen LogP contribution in [0, 0.1) is 10.1 Å². The summed E-state index contributed by atoms with van der Waals surface area (Å²) in [5.74, 6) is 0.855. The van der Waals surface area contributed by atoms with Crippen molar-refractivity contribution in [2.75, 3.05) is 29.9 Å². The SMILES string of the molecule is CN(c1nc2ccccn2c(=O)c1[N+](=O)[O-])C1CCCN(c2cccnn2)C1. The fourth-order valence-electron chi connectivity index (χ4n) is 3.59. The zero-order valence-electron chi connectivity index (χ0n) is 15.3. The molecule has 0 saturated carbocycles. The van der Waals surface area contributed by atoms with Crippen LogP contribution in [0.3, 0.4) is 0 Å². The Morgan fingerprint density at radius 2 is 2.14 bits per heavy atom. The van der Waals surface area contributed by atoms with Crippen LogP contribution in [0.25, 0.3) is 5.65 Å². The summed E-state index contributed by atoms with van der Waals surface area (Å²) in [6.45, 7) is 1.45. The van der Waals surface area contributed by atoms with Crippen LogP contribution in [0.2, 0.25) is 0 Å². The molecule has 1 atom stereocenters. The van der Waals surface area contributed by atoms with E-state index in [-0.39, 0.29) is 11.9 Å². The third kappa shape index (κ3) is 3.13. The highest BCUT2D eigenvalue weighted by Gasteiger charge is 2.32. The number of rotatable bonds is 4. The maximum absolute atomic E-state index is 12.7. The first-order valence-corrected chi connectivity index (χ1v) is 8.97. The van der Waals surface area contributed by atoms with E-state index in [2.05, 4.69) is 20.1 Å². The van der Waals surface area contributed by atoms with Gasteiger partial charge in [-0.05, 0) is 37.1 Å². The van der Waals surface area contributed by atoms with Gasteiger partial charge in [-0.3, -0.25) is 19.3 Å². The van der Waals surface area contributed by atoms with Gasteiger partial charge in [0.05, 0.1) is 4.92 Å². The Bertz CT molecular complexity index is 1070. The topological polar surface area (TPSA) is 110 Å². The van der Waals surface area contributed by atoms with Crippen LogP contribution in [0.4, 0.5) is 17.3 Å². The van der Waals surface area contributed by atoms with Gasteiger partial charge >= 0.3 is 11.2 Å². The van der Waals surface area contributed by atoms with Crippen molar-refractivity contribution in [2.24, 2.45) is 0 Å². The van der Waals surface area contributed by atoms with Gasteiger partial charge in [0.1, 0.15) is 5.65 Å². The molecule has 0 aromatic carbocycles. The van der Waals surface area contributed by atoms with Gasteiger partial charge in [-0.1, -0.05) is 6.07 Å². The van der Waals surface area contributed by atoms with Gasteiger partial charge in [-0.2, -0.15) is 5.10 Å². The molecule has 0 bridgehead atoms. The van der Waals surface area contributed by atoms with Crippen molar-refractivity contribution in [3.8, 4) is 0 Å². The Balaban J connectivity index is 1.72. The number of nitrogens with zero attached hydrogens (tertiary/aromatic N) is 7. The Kier molecular flexibility index (Phi) is 4.60. The zero-order valence-corrected chi connectivity index (χ0v) is 15.3. The summed E-state index contributed by atoms with van der Waals surface area (Å²) in [4.78, 5) is 32.0. The fourth-order valence-corrected chi connectivity index (χ4v) is 3.59. The minimum atomic E-state index is -0.681. The maximum atomic E-state index is 12.7. The molecule has 3 aromatic rings. The largest absolute Gasteiger partial charge is 0.376 e. The van der Waals surface area contributed by atoms with E-state index in [1.54, 1.807) is 36.3 Å². The molecule has 28 heavy (non-hydrogen) atoms. The average molecular weight is 381 g/mol. The molecule has 3 aromatic heterocycles. The predicted octanol–water partition coefficient (Wildman–Crippen LogP) is 1.50. The number of piperidine rings is 1. The third-order valence-electron chi connectivity index (χ3n) is 5.04. The van der Waals surface area contributed by atoms with E-state index in [0.717, 1.165) is 25.2 Å². The zero-order chi connectivity index (χ0) is 19.7. The smallest absolute Gasteiger partial charge is 0.353 e. The molecule has 10 nitrogen and oxygen atoms in total. The van der Waals surface area contributed by atoms with Gasteiger partial charge in [0.25, 0.3) is 0 Å². The molecule has 1 fully saturated rings. The second-order valence-electron chi connectivity index (χ2n) is 6.71. The molecule has 0 radical (unpaired) electrons. The molecule has 0 amide bonds. The Hall–Kier alpha value is -3.56. The first-order valence-electron chi connectivity index (χ1n) is 8.97. The minimum Gasteiger partial charge on any atom is -0.353 e. The standard InChI is InChI=1S/C18H19N7O3/c1-22(13-6-5-10-23(12-13)15-8-4-9-19-21-15)17-16(25(27)28)18(26)24-11-3-2-7-14(24)20-17/h2-4,7-9,11,13H,5-6,10,12H2,1H3. The number of aromatic nitrogens is 4. The average Bonchev–Trinajstić information content (AvgIpc) is 2.73. The van der Waals surface area contributed by atoms with E-state index >= 15 is 0 Å². The second-order valence-corrected chi connectivity index (χ2v) is 6.71.